The quantitative estimate of drug-likeness (QED) is 0.761. The number of aromatic amines is 1. The summed E-state index contributed by atoms with van der Waals surface area (Å²) < 4.78 is 5.64. The van der Waals surface area contributed by atoms with Crippen LogP contribution in [0.1, 0.15) is 31.7 Å². The van der Waals surface area contributed by atoms with E-state index in [9.17, 15) is 9.90 Å². The van der Waals surface area contributed by atoms with Gasteiger partial charge in [-0.15, -0.1) is 0 Å². The number of amides is 1. The van der Waals surface area contributed by atoms with Crippen LogP contribution in [0.3, 0.4) is 0 Å². The number of aliphatic hydroxyl groups excluding tert-OH is 1. The molecule has 0 aliphatic carbocycles. The highest BCUT2D eigenvalue weighted by Gasteiger charge is 2.28. The highest BCUT2D eigenvalue weighted by molar-refractivity contribution is 5.83. The summed E-state index contributed by atoms with van der Waals surface area (Å²) in [4.78, 5) is 15.8. The van der Waals surface area contributed by atoms with Gasteiger partial charge in [0.25, 0.3) is 0 Å². The zero-order chi connectivity index (χ0) is 16.9. The monoisotopic (exact) mass is 330 g/mol. The number of fused-ring (bicyclic) bond motifs is 1. The lowest BCUT2D eigenvalue weighted by atomic mass is 9.93. The van der Waals surface area contributed by atoms with Crippen molar-refractivity contribution < 1.29 is 14.6 Å². The third kappa shape index (κ3) is 3.79. The van der Waals surface area contributed by atoms with Gasteiger partial charge in [0.15, 0.2) is 0 Å². The van der Waals surface area contributed by atoms with E-state index in [1.54, 1.807) is 0 Å². The van der Waals surface area contributed by atoms with E-state index >= 15 is 0 Å². The molecule has 1 aliphatic heterocycles. The van der Waals surface area contributed by atoms with Crippen molar-refractivity contribution in [3.8, 4) is 0 Å². The van der Waals surface area contributed by atoms with E-state index in [1.165, 1.54) is 0 Å². The summed E-state index contributed by atoms with van der Waals surface area (Å²) in [5, 5.41) is 13.9. The minimum absolute atomic E-state index is 0.0132. The van der Waals surface area contributed by atoms with Gasteiger partial charge in [0.05, 0.1) is 18.8 Å². The topological polar surface area (TPSA) is 74.4 Å². The zero-order valence-electron chi connectivity index (χ0n) is 14.1. The minimum atomic E-state index is -0.264. The highest BCUT2D eigenvalue weighted by atomic mass is 16.5. The van der Waals surface area contributed by atoms with Crippen LogP contribution < -0.4 is 5.32 Å². The molecule has 2 heterocycles. The first-order valence-corrected chi connectivity index (χ1v) is 8.79. The molecular weight excluding hydrogens is 304 g/mol. The number of rotatable bonds is 6. The summed E-state index contributed by atoms with van der Waals surface area (Å²) in [6.45, 7) is 2.66. The van der Waals surface area contributed by atoms with E-state index in [2.05, 4.69) is 23.3 Å². The van der Waals surface area contributed by atoms with Gasteiger partial charge < -0.3 is 20.1 Å². The van der Waals surface area contributed by atoms with Gasteiger partial charge >= 0.3 is 0 Å². The van der Waals surface area contributed by atoms with Crippen LogP contribution in [-0.4, -0.2) is 41.4 Å². The highest BCUT2D eigenvalue weighted by Crippen LogP contribution is 2.23. The molecule has 0 bridgehead atoms. The molecule has 1 aromatic heterocycles. The summed E-state index contributed by atoms with van der Waals surface area (Å²) in [5.74, 6) is 0.0244. The second-order valence-corrected chi connectivity index (χ2v) is 6.57. The fourth-order valence-corrected chi connectivity index (χ4v) is 3.45. The maximum Gasteiger partial charge on any atom is 0.223 e. The van der Waals surface area contributed by atoms with Crippen molar-refractivity contribution in [2.24, 2.45) is 5.92 Å². The molecule has 3 atom stereocenters. The molecule has 0 unspecified atom stereocenters. The SMILES string of the molecule is CC[C@@H]1C[C@H](C(=O)N[C@H](CO)Cc2c[nH]c3ccccc23)CCO1. The summed E-state index contributed by atoms with van der Waals surface area (Å²) in [6, 6.07) is 7.81. The molecule has 3 rings (SSSR count). The number of para-hydroxylation sites is 1. The molecule has 0 saturated carbocycles. The van der Waals surface area contributed by atoms with Crippen molar-refractivity contribution in [3.05, 3.63) is 36.0 Å². The number of hydrogen-bond donors (Lipinski definition) is 3. The Balaban J connectivity index is 1.63. The van der Waals surface area contributed by atoms with E-state index in [-0.39, 0.29) is 30.6 Å². The van der Waals surface area contributed by atoms with Crippen LogP contribution in [0.15, 0.2) is 30.5 Å². The number of benzene rings is 1. The normalized spacial score (nSPS) is 22.4. The molecule has 0 spiro atoms. The van der Waals surface area contributed by atoms with E-state index in [4.69, 9.17) is 4.74 Å². The number of carbonyl (C=O) groups is 1. The number of aromatic nitrogens is 1. The van der Waals surface area contributed by atoms with Gasteiger partial charge in [0, 0.05) is 29.6 Å². The lowest BCUT2D eigenvalue weighted by Crippen LogP contribution is -2.44. The largest absolute Gasteiger partial charge is 0.394 e. The third-order valence-corrected chi connectivity index (χ3v) is 4.90. The molecule has 1 saturated heterocycles. The predicted octanol–water partition coefficient (Wildman–Crippen LogP) is 2.39. The molecule has 1 aliphatic rings. The molecule has 2 aromatic rings. The molecule has 1 aromatic carbocycles. The number of aliphatic hydroxyl groups is 1. The van der Waals surface area contributed by atoms with E-state index < -0.39 is 0 Å². The number of hydrogen-bond acceptors (Lipinski definition) is 3. The maximum atomic E-state index is 12.5. The smallest absolute Gasteiger partial charge is 0.223 e. The molecule has 0 radical (unpaired) electrons. The van der Waals surface area contributed by atoms with Crippen LogP contribution in [0.2, 0.25) is 0 Å². The average Bonchev–Trinajstić information content (AvgIpc) is 3.04. The summed E-state index contributed by atoms with van der Waals surface area (Å²) in [5.41, 5.74) is 2.19. The van der Waals surface area contributed by atoms with Gasteiger partial charge in [-0.05, 0) is 37.3 Å². The van der Waals surface area contributed by atoms with Crippen LogP contribution >= 0.6 is 0 Å². The molecule has 5 nitrogen and oxygen atoms in total. The van der Waals surface area contributed by atoms with Crippen LogP contribution in [0.25, 0.3) is 10.9 Å². The second kappa shape index (κ2) is 7.81. The second-order valence-electron chi connectivity index (χ2n) is 6.57. The van der Waals surface area contributed by atoms with Crippen LogP contribution in [-0.2, 0) is 16.0 Å². The molecular formula is C19H26N2O3. The van der Waals surface area contributed by atoms with Crippen LogP contribution in [0, 0.1) is 5.92 Å². The van der Waals surface area contributed by atoms with Crippen molar-refractivity contribution in [3.63, 3.8) is 0 Å². The standard InChI is InChI=1S/C19H26N2O3/c1-2-16-10-13(7-8-24-16)19(23)21-15(12-22)9-14-11-20-18-6-4-3-5-17(14)18/h3-6,11,13,15-16,20,22H,2,7-10,12H2,1H3,(H,21,23)/t13-,15+,16-/m1/s1. The van der Waals surface area contributed by atoms with Gasteiger partial charge in [-0.25, -0.2) is 0 Å². The number of carbonyl (C=O) groups excluding carboxylic acids is 1. The number of H-pyrrole nitrogens is 1. The lowest BCUT2D eigenvalue weighted by molar-refractivity contribution is -0.131. The Morgan fingerprint density at radius 3 is 3.08 bits per heavy atom. The van der Waals surface area contributed by atoms with E-state index in [1.807, 2.05) is 24.4 Å². The van der Waals surface area contributed by atoms with Crippen molar-refractivity contribution >= 4 is 16.8 Å². The Morgan fingerprint density at radius 2 is 2.29 bits per heavy atom. The molecule has 5 heteroatoms. The molecule has 3 N–H and O–H groups in total. The molecule has 1 fully saturated rings. The summed E-state index contributed by atoms with van der Waals surface area (Å²) >= 11 is 0. The van der Waals surface area contributed by atoms with Crippen LogP contribution in [0.4, 0.5) is 0 Å². The third-order valence-electron chi connectivity index (χ3n) is 4.90. The Labute approximate surface area is 142 Å². The average molecular weight is 330 g/mol. The van der Waals surface area contributed by atoms with Crippen molar-refractivity contribution in [2.75, 3.05) is 13.2 Å². The van der Waals surface area contributed by atoms with Gasteiger partial charge in [0.1, 0.15) is 0 Å². The van der Waals surface area contributed by atoms with E-state index in [0.29, 0.717) is 13.0 Å². The fraction of sp³-hybridized carbons (Fsp3) is 0.526. The van der Waals surface area contributed by atoms with Gasteiger partial charge in [-0.1, -0.05) is 25.1 Å². The maximum absolute atomic E-state index is 12.5. The minimum Gasteiger partial charge on any atom is -0.394 e. The van der Waals surface area contributed by atoms with Gasteiger partial charge in [-0.2, -0.15) is 0 Å². The number of nitrogens with one attached hydrogen (secondary N) is 2. The lowest BCUT2D eigenvalue weighted by Gasteiger charge is -2.29. The van der Waals surface area contributed by atoms with E-state index in [0.717, 1.165) is 35.7 Å². The molecule has 130 valence electrons. The van der Waals surface area contributed by atoms with Gasteiger partial charge in [-0.3, -0.25) is 4.79 Å². The Morgan fingerprint density at radius 1 is 1.46 bits per heavy atom. The Kier molecular flexibility index (Phi) is 5.53. The van der Waals surface area contributed by atoms with Gasteiger partial charge in [0.2, 0.25) is 5.91 Å². The first kappa shape index (κ1) is 17.0. The first-order chi connectivity index (χ1) is 11.7. The number of ether oxygens (including phenoxy) is 1. The Bertz CT molecular complexity index is 682. The Hall–Kier alpha value is -1.85. The van der Waals surface area contributed by atoms with Crippen molar-refractivity contribution in [1.82, 2.24) is 10.3 Å². The molecule has 1 amide bonds. The summed E-state index contributed by atoms with van der Waals surface area (Å²) in [6.07, 6.45) is 5.22. The van der Waals surface area contributed by atoms with Crippen molar-refractivity contribution in [2.45, 2.75) is 44.8 Å². The van der Waals surface area contributed by atoms with Crippen LogP contribution in [0.5, 0.6) is 0 Å². The fourth-order valence-electron chi connectivity index (χ4n) is 3.45. The predicted molar refractivity (Wildman–Crippen MR) is 93.8 cm³/mol. The first-order valence-electron chi connectivity index (χ1n) is 8.79. The summed E-state index contributed by atoms with van der Waals surface area (Å²) in [7, 11) is 0. The molecule has 24 heavy (non-hydrogen) atoms. The zero-order valence-corrected chi connectivity index (χ0v) is 14.1. The van der Waals surface area contributed by atoms with Crippen molar-refractivity contribution in [1.29, 1.82) is 0 Å².